The molecule has 0 radical (unpaired) electrons. The van der Waals surface area contributed by atoms with Crippen molar-refractivity contribution in [2.75, 3.05) is 13.1 Å². The predicted octanol–water partition coefficient (Wildman–Crippen LogP) is 2.76. The van der Waals surface area contributed by atoms with Gasteiger partial charge in [0.2, 0.25) is 0 Å². The maximum atomic E-state index is 13.4. The fraction of sp³-hybridized carbons (Fsp3) is 0.500. The van der Waals surface area contributed by atoms with Crippen LogP contribution < -0.4 is 5.32 Å². The molecule has 0 amide bonds. The van der Waals surface area contributed by atoms with Crippen LogP contribution in [0.1, 0.15) is 25.5 Å². The van der Waals surface area contributed by atoms with Crippen LogP contribution in [0.15, 0.2) is 18.2 Å². The van der Waals surface area contributed by atoms with Crippen LogP contribution in [-0.4, -0.2) is 18.2 Å². The number of nitrogens with one attached hydrogen (secondary N) is 1. The molecule has 0 spiro atoms. The SMILES string of the molecule is CC(C)CNCC(O)c1cc(Cl)ccc1F. The quantitative estimate of drug-likeness (QED) is 0.836. The second-order valence-corrected chi connectivity index (χ2v) is 4.67. The van der Waals surface area contributed by atoms with E-state index in [0.29, 0.717) is 17.5 Å². The van der Waals surface area contributed by atoms with Gasteiger partial charge in [0.05, 0.1) is 6.10 Å². The summed E-state index contributed by atoms with van der Waals surface area (Å²) in [4.78, 5) is 0. The summed E-state index contributed by atoms with van der Waals surface area (Å²) in [5, 5.41) is 13.3. The highest BCUT2D eigenvalue weighted by Crippen LogP contribution is 2.20. The van der Waals surface area contributed by atoms with E-state index in [-0.39, 0.29) is 5.56 Å². The molecule has 2 N–H and O–H groups in total. The fourth-order valence-electron chi connectivity index (χ4n) is 1.39. The lowest BCUT2D eigenvalue weighted by molar-refractivity contribution is 0.169. The largest absolute Gasteiger partial charge is 0.387 e. The minimum absolute atomic E-state index is 0.240. The highest BCUT2D eigenvalue weighted by atomic mass is 35.5. The van der Waals surface area contributed by atoms with Crippen molar-refractivity contribution in [1.29, 1.82) is 0 Å². The molecule has 0 fully saturated rings. The van der Waals surface area contributed by atoms with Gasteiger partial charge < -0.3 is 10.4 Å². The number of rotatable bonds is 5. The molecule has 0 saturated carbocycles. The summed E-state index contributed by atoms with van der Waals surface area (Å²) in [6, 6.07) is 4.19. The van der Waals surface area contributed by atoms with E-state index in [1.54, 1.807) is 0 Å². The molecule has 0 bridgehead atoms. The van der Waals surface area contributed by atoms with E-state index in [2.05, 4.69) is 19.2 Å². The number of benzene rings is 1. The number of aliphatic hydroxyl groups excluding tert-OH is 1. The molecule has 1 aromatic carbocycles. The molecular formula is C12H17ClFNO. The van der Waals surface area contributed by atoms with Crippen LogP contribution in [0.2, 0.25) is 5.02 Å². The Labute approximate surface area is 100 Å². The lowest BCUT2D eigenvalue weighted by Crippen LogP contribution is -2.25. The second-order valence-electron chi connectivity index (χ2n) is 4.23. The highest BCUT2D eigenvalue weighted by Gasteiger charge is 2.12. The van der Waals surface area contributed by atoms with Gasteiger partial charge in [-0.05, 0) is 30.7 Å². The van der Waals surface area contributed by atoms with E-state index in [1.807, 2.05) is 0 Å². The van der Waals surface area contributed by atoms with Crippen molar-refractivity contribution in [1.82, 2.24) is 5.32 Å². The molecule has 16 heavy (non-hydrogen) atoms. The van der Waals surface area contributed by atoms with Crippen molar-refractivity contribution in [3.8, 4) is 0 Å². The molecule has 0 saturated heterocycles. The van der Waals surface area contributed by atoms with E-state index in [9.17, 15) is 9.50 Å². The number of hydrogen-bond donors (Lipinski definition) is 2. The Kier molecular flexibility index (Phi) is 5.19. The van der Waals surface area contributed by atoms with Gasteiger partial charge in [-0.1, -0.05) is 25.4 Å². The third-order valence-corrected chi connectivity index (χ3v) is 2.44. The van der Waals surface area contributed by atoms with Gasteiger partial charge in [-0.25, -0.2) is 4.39 Å². The van der Waals surface area contributed by atoms with Gasteiger partial charge in [0.1, 0.15) is 5.82 Å². The Hall–Kier alpha value is -0.640. The first-order valence-corrected chi connectivity index (χ1v) is 5.72. The molecule has 2 nitrogen and oxygen atoms in total. The van der Waals surface area contributed by atoms with E-state index < -0.39 is 11.9 Å². The van der Waals surface area contributed by atoms with Crippen molar-refractivity contribution in [2.24, 2.45) is 5.92 Å². The Bertz CT molecular complexity index is 344. The van der Waals surface area contributed by atoms with Crippen LogP contribution in [0.5, 0.6) is 0 Å². The number of hydrogen-bond acceptors (Lipinski definition) is 2. The second kappa shape index (κ2) is 6.18. The van der Waals surface area contributed by atoms with Gasteiger partial charge in [-0.15, -0.1) is 0 Å². The zero-order valence-electron chi connectivity index (χ0n) is 9.50. The van der Waals surface area contributed by atoms with Crippen molar-refractivity contribution in [2.45, 2.75) is 20.0 Å². The van der Waals surface area contributed by atoms with Crippen LogP contribution in [-0.2, 0) is 0 Å². The molecular weight excluding hydrogens is 229 g/mol. The lowest BCUT2D eigenvalue weighted by Gasteiger charge is -2.14. The van der Waals surface area contributed by atoms with E-state index >= 15 is 0 Å². The summed E-state index contributed by atoms with van der Waals surface area (Å²) in [7, 11) is 0. The van der Waals surface area contributed by atoms with Crippen LogP contribution in [0.4, 0.5) is 4.39 Å². The Morgan fingerprint density at radius 1 is 1.38 bits per heavy atom. The third kappa shape index (κ3) is 4.08. The van der Waals surface area contributed by atoms with Gasteiger partial charge in [0.15, 0.2) is 0 Å². The standard InChI is InChI=1S/C12H17ClFNO/c1-8(2)6-15-7-12(16)10-5-9(13)3-4-11(10)14/h3-5,8,12,15-16H,6-7H2,1-2H3. The first-order valence-electron chi connectivity index (χ1n) is 5.34. The van der Waals surface area contributed by atoms with Gasteiger partial charge in [0, 0.05) is 17.1 Å². The first-order chi connectivity index (χ1) is 7.50. The Morgan fingerprint density at radius 2 is 2.06 bits per heavy atom. The van der Waals surface area contributed by atoms with Crippen LogP contribution in [0, 0.1) is 11.7 Å². The normalized spacial score (nSPS) is 13.1. The van der Waals surface area contributed by atoms with Crippen molar-refractivity contribution < 1.29 is 9.50 Å². The number of aliphatic hydroxyl groups is 1. The van der Waals surface area contributed by atoms with Gasteiger partial charge in [-0.3, -0.25) is 0 Å². The molecule has 4 heteroatoms. The van der Waals surface area contributed by atoms with Gasteiger partial charge in [-0.2, -0.15) is 0 Å². The zero-order chi connectivity index (χ0) is 12.1. The van der Waals surface area contributed by atoms with Gasteiger partial charge >= 0.3 is 0 Å². The minimum Gasteiger partial charge on any atom is -0.387 e. The summed E-state index contributed by atoms with van der Waals surface area (Å²) >= 11 is 5.75. The molecule has 0 heterocycles. The Morgan fingerprint density at radius 3 is 2.69 bits per heavy atom. The Balaban J connectivity index is 2.58. The maximum absolute atomic E-state index is 13.4. The van der Waals surface area contributed by atoms with Crippen LogP contribution >= 0.6 is 11.6 Å². The summed E-state index contributed by atoms with van der Waals surface area (Å²) in [5.41, 5.74) is 0.240. The van der Waals surface area contributed by atoms with E-state index in [1.165, 1.54) is 18.2 Å². The molecule has 0 aliphatic heterocycles. The summed E-state index contributed by atoms with van der Waals surface area (Å²) < 4.78 is 13.4. The highest BCUT2D eigenvalue weighted by molar-refractivity contribution is 6.30. The average molecular weight is 246 g/mol. The monoisotopic (exact) mass is 245 g/mol. The fourth-order valence-corrected chi connectivity index (χ4v) is 1.57. The van der Waals surface area contributed by atoms with Gasteiger partial charge in [0.25, 0.3) is 0 Å². The lowest BCUT2D eigenvalue weighted by atomic mass is 10.1. The molecule has 1 atom stereocenters. The number of halogens is 2. The zero-order valence-corrected chi connectivity index (χ0v) is 10.3. The summed E-state index contributed by atoms with van der Waals surface area (Å²) in [6.45, 7) is 5.26. The molecule has 1 aromatic rings. The maximum Gasteiger partial charge on any atom is 0.129 e. The van der Waals surface area contributed by atoms with E-state index in [0.717, 1.165) is 6.54 Å². The predicted molar refractivity (Wildman–Crippen MR) is 64.1 cm³/mol. The summed E-state index contributed by atoms with van der Waals surface area (Å²) in [6.07, 6.45) is -0.863. The average Bonchev–Trinajstić information content (AvgIpc) is 2.21. The third-order valence-electron chi connectivity index (χ3n) is 2.21. The molecule has 0 aliphatic carbocycles. The van der Waals surface area contributed by atoms with Crippen LogP contribution in [0.25, 0.3) is 0 Å². The molecule has 1 unspecified atom stereocenters. The van der Waals surface area contributed by atoms with Crippen LogP contribution in [0.3, 0.4) is 0 Å². The first kappa shape index (κ1) is 13.4. The molecule has 1 rings (SSSR count). The van der Waals surface area contributed by atoms with Crippen molar-refractivity contribution >= 4 is 11.6 Å². The summed E-state index contributed by atoms with van der Waals surface area (Å²) in [5.74, 6) is 0.0691. The minimum atomic E-state index is -0.863. The van der Waals surface area contributed by atoms with E-state index in [4.69, 9.17) is 11.6 Å². The molecule has 0 aromatic heterocycles. The van der Waals surface area contributed by atoms with Crippen molar-refractivity contribution in [3.63, 3.8) is 0 Å². The molecule has 0 aliphatic rings. The topological polar surface area (TPSA) is 32.3 Å². The smallest absolute Gasteiger partial charge is 0.129 e. The molecule has 90 valence electrons. The van der Waals surface area contributed by atoms with Crippen molar-refractivity contribution in [3.05, 3.63) is 34.6 Å².